The molecule has 0 aliphatic carbocycles. The molecule has 0 atom stereocenters. The van der Waals surface area contributed by atoms with Crippen LogP contribution in [0.25, 0.3) is 0 Å². The third kappa shape index (κ3) is 2.31. The van der Waals surface area contributed by atoms with Gasteiger partial charge in [-0.15, -0.1) is 0 Å². The molecule has 0 heterocycles. The van der Waals surface area contributed by atoms with Crippen molar-refractivity contribution in [2.45, 2.75) is 6.92 Å². The minimum absolute atomic E-state index is 0.903. The van der Waals surface area contributed by atoms with Gasteiger partial charge in [0, 0.05) is 5.75 Å². The lowest BCUT2D eigenvalue weighted by Crippen LogP contribution is -1.56. The van der Waals surface area contributed by atoms with E-state index in [1.807, 2.05) is 6.92 Å². The van der Waals surface area contributed by atoms with Gasteiger partial charge in [-0.1, -0.05) is 18.9 Å². The third-order valence-electron chi connectivity index (χ3n) is 0.144. The van der Waals surface area contributed by atoms with Crippen LogP contribution in [0.15, 0.2) is 0 Å². The number of nitrogens with one attached hydrogen (secondary N) is 1. The van der Waals surface area contributed by atoms with Crippen LogP contribution >= 0.6 is 11.9 Å². The Balaban J connectivity index is 1.97. The fourth-order valence-electron chi connectivity index (χ4n) is 0. The van der Waals surface area contributed by atoms with E-state index in [1.54, 1.807) is 0 Å². The van der Waals surface area contributed by atoms with E-state index in [9.17, 15) is 0 Å². The van der Waals surface area contributed by atoms with Gasteiger partial charge >= 0.3 is 0 Å². The third-order valence-corrected chi connectivity index (χ3v) is 0.433. The second-order valence-corrected chi connectivity index (χ2v) is 1.30. The first kappa shape index (κ1) is 4.31. The maximum Gasteiger partial charge on any atom is 0.00627 e. The van der Waals surface area contributed by atoms with Crippen LogP contribution in [0.3, 0.4) is 0 Å². The molecule has 0 rings (SSSR count). The smallest absolute Gasteiger partial charge is 0.00627 e. The molecule has 0 aliphatic heterocycles. The lowest BCUT2D eigenvalue weighted by Gasteiger charge is -1.68. The van der Waals surface area contributed by atoms with Crippen LogP contribution in [0.4, 0.5) is 0 Å². The van der Waals surface area contributed by atoms with Crippen molar-refractivity contribution in [1.29, 1.82) is 0 Å². The van der Waals surface area contributed by atoms with E-state index in [2.05, 4.69) is 0 Å². The molecule has 0 aromatic carbocycles. The molecule has 1 nitrogen and oxygen atoms in total. The molecule has 25 valence electrons. The van der Waals surface area contributed by atoms with Gasteiger partial charge in [0.15, 0.2) is 0 Å². The summed E-state index contributed by atoms with van der Waals surface area (Å²) in [5.74, 6) is 0.903. The van der Waals surface area contributed by atoms with E-state index in [1.165, 1.54) is 0 Å². The summed E-state index contributed by atoms with van der Waals surface area (Å²) in [5.41, 5.74) is 0. The Hall–Kier alpha value is 0.310. The fraction of sp³-hybridized carbons (Fsp3) is 1.00. The molecule has 1 radical (unpaired) electrons. The zero-order chi connectivity index (χ0) is 3.41. The molecule has 0 aliphatic rings. The highest BCUT2D eigenvalue weighted by Crippen LogP contribution is 1.80. The normalized spacial score (nSPS) is 7.50. The Kier molecular flexibility index (Phi) is 3.57. The first-order valence-electron chi connectivity index (χ1n) is 1.20. The van der Waals surface area contributed by atoms with E-state index in [0.29, 0.717) is 0 Å². The summed E-state index contributed by atoms with van der Waals surface area (Å²) in [6.07, 6.45) is 0. The highest BCUT2D eigenvalue weighted by atomic mass is 32.2. The fourth-order valence-corrected chi connectivity index (χ4v) is 0. The lowest BCUT2D eigenvalue weighted by atomic mass is 11.0. The van der Waals surface area contributed by atoms with E-state index >= 15 is 0 Å². The molecule has 0 unspecified atom stereocenters. The molecule has 0 saturated heterocycles. The van der Waals surface area contributed by atoms with Gasteiger partial charge in [0.2, 0.25) is 0 Å². The van der Waals surface area contributed by atoms with Crippen molar-refractivity contribution in [3.05, 3.63) is 0 Å². The molecule has 2 heteroatoms. The topological polar surface area (TPSA) is 23.8 Å². The molecule has 0 saturated carbocycles. The van der Waals surface area contributed by atoms with Gasteiger partial charge in [-0.3, -0.25) is 0 Å². The standard InChI is InChI=1S/C2H6NS/c1-2-4-3/h3H,2H2,1H3. The summed E-state index contributed by atoms with van der Waals surface area (Å²) in [4.78, 5) is 0. The summed E-state index contributed by atoms with van der Waals surface area (Å²) >= 11 is 1.11. The Morgan fingerprint density at radius 2 is 2.25 bits per heavy atom. The predicted octanol–water partition coefficient (Wildman–Crippen LogP) is 0.937. The predicted molar refractivity (Wildman–Crippen MR) is 21.2 cm³/mol. The van der Waals surface area contributed by atoms with E-state index < -0.39 is 0 Å². The second-order valence-electron chi connectivity index (χ2n) is 0.433. The molecule has 4 heavy (non-hydrogen) atoms. The highest BCUT2D eigenvalue weighted by molar-refractivity contribution is 7.96. The van der Waals surface area contributed by atoms with Crippen molar-refractivity contribution in [3.8, 4) is 0 Å². The van der Waals surface area contributed by atoms with Gasteiger partial charge in [-0.05, 0) is 0 Å². The molecule has 0 spiro atoms. The van der Waals surface area contributed by atoms with Crippen molar-refractivity contribution in [2.75, 3.05) is 5.75 Å². The average molecular weight is 76.1 g/mol. The maximum atomic E-state index is 6.37. The molecule has 0 aromatic rings. The quantitative estimate of drug-likeness (QED) is 0.426. The monoisotopic (exact) mass is 76.0 g/mol. The molecule has 0 aromatic heterocycles. The summed E-state index contributed by atoms with van der Waals surface area (Å²) < 4.78 is 0. The molecule has 1 N–H and O–H groups in total. The maximum absolute atomic E-state index is 6.37. The zero-order valence-electron chi connectivity index (χ0n) is 2.62. The van der Waals surface area contributed by atoms with E-state index in [-0.39, 0.29) is 0 Å². The van der Waals surface area contributed by atoms with Crippen LogP contribution < -0.4 is 5.14 Å². The minimum atomic E-state index is 0.903. The molecular weight excluding hydrogens is 70.1 g/mol. The van der Waals surface area contributed by atoms with E-state index in [0.717, 1.165) is 17.7 Å². The van der Waals surface area contributed by atoms with Crippen LogP contribution in [0.2, 0.25) is 0 Å². The van der Waals surface area contributed by atoms with Crippen LogP contribution in [0, 0.1) is 0 Å². The lowest BCUT2D eigenvalue weighted by molar-refractivity contribution is 1.52. The van der Waals surface area contributed by atoms with Crippen LogP contribution in [0.1, 0.15) is 6.92 Å². The number of hydrogen-bond donors (Lipinski definition) is 0. The summed E-state index contributed by atoms with van der Waals surface area (Å²) in [7, 11) is 0. The SMILES string of the molecule is CCS[NH]. The van der Waals surface area contributed by atoms with Gasteiger partial charge in [0.1, 0.15) is 0 Å². The Morgan fingerprint density at radius 3 is 2.25 bits per heavy atom. The van der Waals surface area contributed by atoms with Crippen molar-refractivity contribution < 1.29 is 0 Å². The molecule has 0 bridgehead atoms. The second kappa shape index (κ2) is 3.31. The van der Waals surface area contributed by atoms with Crippen LogP contribution in [-0.4, -0.2) is 5.75 Å². The first-order chi connectivity index (χ1) is 1.91. The molecule has 0 amide bonds. The number of hydrogen-bond acceptors (Lipinski definition) is 1. The van der Waals surface area contributed by atoms with Gasteiger partial charge < -0.3 is 0 Å². The Morgan fingerprint density at radius 1 is 2.00 bits per heavy atom. The van der Waals surface area contributed by atoms with Crippen LogP contribution in [-0.2, 0) is 0 Å². The summed E-state index contributed by atoms with van der Waals surface area (Å²) in [5, 5.41) is 6.37. The molecular formula is C2H6NS. The zero-order valence-corrected chi connectivity index (χ0v) is 3.43. The summed E-state index contributed by atoms with van der Waals surface area (Å²) in [6.45, 7) is 1.96. The number of rotatable bonds is 1. The van der Waals surface area contributed by atoms with E-state index in [4.69, 9.17) is 5.14 Å². The minimum Gasteiger partial charge on any atom is -0.191 e. The van der Waals surface area contributed by atoms with Crippen LogP contribution in [0.5, 0.6) is 0 Å². The van der Waals surface area contributed by atoms with Gasteiger partial charge in [0.25, 0.3) is 0 Å². The Bertz CT molecular complexity index is 8.00. The van der Waals surface area contributed by atoms with Crippen molar-refractivity contribution in [2.24, 2.45) is 0 Å². The largest absolute Gasteiger partial charge is 0.191 e. The average Bonchev–Trinajstić information content (AvgIpc) is 1.37. The van der Waals surface area contributed by atoms with Crippen molar-refractivity contribution in [1.82, 2.24) is 5.14 Å². The molecule has 0 fully saturated rings. The first-order valence-corrected chi connectivity index (χ1v) is 2.19. The highest BCUT2D eigenvalue weighted by Gasteiger charge is 1.57. The van der Waals surface area contributed by atoms with Gasteiger partial charge in [0.05, 0.1) is 0 Å². The van der Waals surface area contributed by atoms with Crippen molar-refractivity contribution >= 4 is 11.9 Å². The van der Waals surface area contributed by atoms with Gasteiger partial charge in [-0.25, -0.2) is 0 Å². The Labute approximate surface area is 30.7 Å². The van der Waals surface area contributed by atoms with Crippen molar-refractivity contribution in [3.63, 3.8) is 0 Å². The van der Waals surface area contributed by atoms with Gasteiger partial charge in [-0.2, -0.15) is 5.14 Å². The summed E-state index contributed by atoms with van der Waals surface area (Å²) in [6, 6.07) is 0.